The molecule has 27 heavy (non-hydrogen) atoms. The van der Waals surface area contributed by atoms with E-state index in [-0.39, 0.29) is 17.3 Å². The highest BCUT2D eigenvalue weighted by molar-refractivity contribution is 7.90. The third-order valence-corrected chi connectivity index (χ3v) is 5.09. The van der Waals surface area contributed by atoms with Gasteiger partial charge in [-0.3, -0.25) is 9.59 Å². The van der Waals surface area contributed by atoms with Gasteiger partial charge in [-0.2, -0.15) is 8.42 Å². The number of fused-ring (bicyclic) bond motifs is 1. The first kappa shape index (κ1) is 18.6. The quantitative estimate of drug-likeness (QED) is 0.774. The van der Waals surface area contributed by atoms with E-state index in [1.54, 1.807) is 42.5 Å². The third-order valence-electron chi connectivity index (χ3n) is 3.76. The summed E-state index contributed by atoms with van der Waals surface area (Å²) < 4.78 is 32.8. The van der Waals surface area contributed by atoms with E-state index in [4.69, 9.17) is 4.74 Å². The summed E-state index contributed by atoms with van der Waals surface area (Å²) in [4.78, 5) is 25.3. The summed E-state index contributed by atoms with van der Waals surface area (Å²) >= 11 is 0. The van der Waals surface area contributed by atoms with Crippen LogP contribution in [0.3, 0.4) is 0 Å². The molecule has 9 heteroatoms. The Balaban J connectivity index is 1.56. The molecular formula is C18H17N3O5S. The predicted molar refractivity (Wildman–Crippen MR) is 98.8 cm³/mol. The Bertz CT molecular complexity index is 1000. The van der Waals surface area contributed by atoms with Crippen molar-refractivity contribution in [2.45, 2.75) is 4.90 Å². The van der Waals surface area contributed by atoms with Crippen molar-refractivity contribution in [2.24, 2.45) is 4.40 Å². The van der Waals surface area contributed by atoms with Gasteiger partial charge in [0.25, 0.3) is 15.9 Å². The molecule has 1 heterocycles. The van der Waals surface area contributed by atoms with Crippen molar-refractivity contribution >= 4 is 33.4 Å². The first-order chi connectivity index (χ1) is 12.9. The summed E-state index contributed by atoms with van der Waals surface area (Å²) in [5, 5.41) is 2.60. The number of para-hydroxylation sites is 1. The molecule has 140 valence electrons. The lowest BCUT2D eigenvalue weighted by atomic mass is 10.2. The molecule has 1 aliphatic rings. The predicted octanol–water partition coefficient (Wildman–Crippen LogP) is 1.25. The maximum atomic E-state index is 12.1. The standard InChI is InChI=1S/C18H17N3O5S/c1-21(18-14-9-5-6-10-15(14)27(24,25)20-18)11-17(23)26-12-16(22)19-13-7-3-2-4-8-13/h2-10H,11-12H2,1H3,(H,19,22). The lowest BCUT2D eigenvalue weighted by molar-refractivity contribution is -0.147. The molecule has 1 N–H and O–H groups in total. The van der Waals surface area contributed by atoms with Gasteiger partial charge in [0.2, 0.25) is 0 Å². The summed E-state index contributed by atoms with van der Waals surface area (Å²) in [6, 6.07) is 15.2. The Labute approximate surface area is 156 Å². The smallest absolute Gasteiger partial charge is 0.326 e. The van der Waals surface area contributed by atoms with Crippen molar-refractivity contribution in [1.29, 1.82) is 0 Å². The topological polar surface area (TPSA) is 105 Å². The first-order valence-corrected chi connectivity index (χ1v) is 9.47. The van der Waals surface area contributed by atoms with Gasteiger partial charge >= 0.3 is 5.97 Å². The largest absolute Gasteiger partial charge is 0.454 e. The Morgan fingerprint density at radius 3 is 2.48 bits per heavy atom. The molecule has 1 amide bonds. The maximum Gasteiger partial charge on any atom is 0.326 e. The molecule has 1 aliphatic heterocycles. The summed E-state index contributed by atoms with van der Waals surface area (Å²) in [7, 11) is -2.24. The molecular weight excluding hydrogens is 370 g/mol. The van der Waals surface area contributed by atoms with Gasteiger partial charge in [-0.25, -0.2) is 0 Å². The molecule has 2 aromatic carbocycles. The van der Waals surface area contributed by atoms with Crippen LogP contribution in [0, 0.1) is 0 Å². The van der Waals surface area contributed by atoms with Crippen molar-refractivity contribution in [1.82, 2.24) is 4.90 Å². The molecule has 0 saturated heterocycles. The van der Waals surface area contributed by atoms with E-state index < -0.39 is 28.5 Å². The van der Waals surface area contributed by atoms with E-state index in [1.165, 1.54) is 18.0 Å². The van der Waals surface area contributed by atoms with Gasteiger partial charge in [0, 0.05) is 18.3 Å². The van der Waals surface area contributed by atoms with Crippen LogP contribution in [-0.2, 0) is 24.3 Å². The summed E-state index contributed by atoms with van der Waals surface area (Å²) in [5.74, 6) is -0.982. The number of rotatable bonds is 5. The fraction of sp³-hybridized carbons (Fsp3) is 0.167. The summed E-state index contributed by atoms with van der Waals surface area (Å²) in [6.45, 7) is -0.690. The third kappa shape index (κ3) is 4.32. The van der Waals surface area contributed by atoms with Gasteiger partial charge in [0.05, 0.1) is 0 Å². The highest BCUT2D eigenvalue weighted by Gasteiger charge is 2.31. The second kappa shape index (κ2) is 7.58. The molecule has 2 aromatic rings. The minimum Gasteiger partial charge on any atom is -0.454 e. The number of esters is 1. The van der Waals surface area contributed by atoms with Gasteiger partial charge in [0.15, 0.2) is 12.4 Å². The molecule has 0 unspecified atom stereocenters. The van der Waals surface area contributed by atoms with E-state index in [0.29, 0.717) is 11.3 Å². The van der Waals surface area contributed by atoms with Gasteiger partial charge in [-0.1, -0.05) is 30.3 Å². The zero-order valence-electron chi connectivity index (χ0n) is 14.5. The Morgan fingerprint density at radius 1 is 1.07 bits per heavy atom. The maximum absolute atomic E-state index is 12.1. The van der Waals surface area contributed by atoms with Crippen LogP contribution in [0.5, 0.6) is 0 Å². The number of nitrogens with one attached hydrogen (secondary N) is 1. The van der Waals surface area contributed by atoms with Crippen LogP contribution in [-0.4, -0.2) is 51.2 Å². The molecule has 0 radical (unpaired) electrons. The monoisotopic (exact) mass is 387 g/mol. The molecule has 0 saturated carbocycles. The van der Waals surface area contributed by atoms with Crippen molar-refractivity contribution in [3.05, 3.63) is 60.2 Å². The average Bonchev–Trinajstić information content (AvgIpc) is 2.93. The SMILES string of the molecule is CN(CC(=O)OCC(=O)Nc1ccccc1)C1=NS(=O)(=O)c2ccccc21. The highest BCUT2D eigenvalue weighted by Crippen LogP contribution is 2.26. The van der Waals surface area contributed by atoms with Gasteiger partial charge in [-0.15, -0.1) is 4.40 Å². The van der Waals surface area contributed by atoms with Crippen LogP contribution in [0.4, 0.5) is 5.69 Å². The first-order valence-electron chi connectivity index (χ1n) is 8.03. The lowest BCUT2D eigenvalue weighted by Crippen LogP contribution is -2.34. The van der Waals surface area contributed by atoms with Gasteiger partial charge in [0.1, 0.15) is 11.4 Å². The highest BCUT2D eigenvalue weighted by atomic mass is 32.2. The van der Waals surface area contributed by atoms with Crippen LogP contribution in [0.1, 0.15) is 5.56 Å². The number of nitrogens with zero attached hydrogens (tertiary/aromatic N) is 2. The molecule has 0 fully saturated rings. The fourth-order valence-electron chi connectivity index (χ4n) is 2.54. The summed E-state index contributed by atoms with van der Waals surface area (Å²) in [5.41, 5.74) is 1.02. The molecule has 0 aromatic heterocycles. The van der Waals surface area contributed by atoms with Crippen molar-refractivity contribution in [3.63, 3.8) is 0 Å². The molecule has 0 aliphatic carbocycles. The number of hydrogen-bond acceptors (Lipinski definition) is 6. The Hall–Kier alpha value is -3.20. The number of carbonyl (C=O) groups excluding carboxylic acids is 2. The van der Waals surface area contributed by atoms with E-state index in [1.807, 2.05) is 6.07 Å². The molecule has 0 spiro atoms. The number of anilines is 1. The van der Waals surface area contributed by atoms with Crippen LogP contribution >= 0.6 is 0 Å². The van der Waals surface area contributed by atoms with Crippen LogP contribution in [0.15, 0.2) is 63.9 Å². The number of ether oxygens (including phenoxy) is 1. The fourth-order valence-corrected chi connectivity index (χ4v) is 3.79. The number of likely N-dealkylation sites (N-methyl/N-ethyl adjacent to an activating group) is 1. The molecule has 3 rings (SSSR count). The molecule has 8 nitrogen and oxygen atoms in total. The van der Waals surface area contributed by atoms with E-state index in [2.05, 4.69) is 9.71 Å². The van der Waals surface area contributed by atoms with Crippen molar-refractivity contribution in [2.75, 3.05) is 25.5 Å². The van der Waals surface area contributed by atoms with Crippen molar-refractivity contribution < 1.29 is 22.7 Å². The second-order valence-electron chi connectivity index (χ2n) is 5.82. The number of benzene rings is 2. The van der Waals surface area contributed by atoms with Crippen molar-refractivity contribution in [3.8, 4) is 0 Å². The molecule has 0 atom stereocenters. The molecule has 0 bridgehead atoms. The zero-order valence-corrected chi connectivity index (χ0v) is 15.3. The number of amidine groups is 1. The number of carbonyl (C=O) groups is 2. The Kier molecular flexibility index (Phi) is 5.22. The Morgan fingerprint density at radius 2 is 1.74 bits per heavy atom. The average molecular weight is 387 g/mol. The van der Waals surface area contributed by atoms with E-state index >= 15 is 0 Å². The second-order valence-corrected chi connectivity index (χ2v) is 7.39. The van der Waals surface area contributed by atoms with Crippen LogP contribution in [0.2, 0.25) is 0 Å². The van der Waals surface area contributed by atoms with Crippen LogP contribution < -0.4 is 5.32 Å². The normalized spacial score (nSPS) is 14.0. The zero-order chi connectivity index (χ0) is 19.4. The number of amides is 1. The van der Waals surface area contributed by atoms with E-state index in [0.717, 1.165) is 0 Å². The number of sulfonamides is 1. The number of hydrogen-bond donors (Lipinski definition) is 1. The summed E-state index contributed by atoms with van der Waals surface area (Å²) in [6.07, 6.45) is 0. The van der Waals surface area contributed by atoms with Crippen LogP contribution in [0.25, 0.3) is 0 Å². The minimum atomic E-state index is -3.77. The van der Waals surface area contributed by atoms with Gasteiger partial charge in [-0.05, 0) is 24.3 Å². The van der Waals surface area contributed by atoms with E-state index in [9.17, 15) is 18.0 Å². The van der Waals surface area contributed by atoms with Gasteiger partial charge < -0.3 is 15.0 Å². The lowest BCUT2D eigenvalue weighted by Gasteiger charge is -2.17. The minimum absolute atomic E-state index is 0.0995.